The first-order valence-corrected chi connectivity index (χ1v) is 7.70. The van der Waals surface area contributed by atoms with Gasteiger partial charge in [-0.3, -0.25) is 10.2 Å². The molecular formula is C14H19N3O2S. The number of thiazole rings is 1. The quantitative estimate of drug-likeness (QED) is 0.379. The third-order valence-corrected chi connectivity index (χ3v) is 3.73. The molecule has 0 bridgehead atoms. The SMILES string of the molecule is CCOC(=O)Cc1csc(N/N=C/[C@@H]2CC=CCC2)n1. The standard InChI is InChI=1S/C14H19N3O2S/c1-2-19-13(18)8-12-10-20-14(16-12)17-15-9-11-6-4-3-5-7-11/h3-4,9-11H,2,5-8H2,1H3,(H,16,17)/b15-9+/t11-/m1/s1. The number of nitrogens with one attached hydrogen (secondary N) is 1. The fraction of sp³-hybridized carbons (Fsp3) is 0.500. The molecule has 0 radical (unpaired) electrons. The molecule has 6 heteroatoms. The van der Waals surface area contributed by atoms with Gasteiger partial charge in [-0.1, -0.05) is 12.2 Å². The molecule has 1 aromatic heterocycles. The third kappa shape index (κ3) is 4.77. The molecule has 0 spiro atoms. The number of aromatic nitrogens is 1. The number of hydrogen-bond donors (Lipinski definition) is 1. The van der Waals surface area contributed by atoms with Gasteiger partial charge in [-0.2, -0.15) is 5.10 Å². The second kappa shape index (κ2) is 7.79. The lowest BCUT2D eigenvalue weighted by atomic mass is 9.96. The van der Waals surface area contributed by atoms with Gasteiger partial charge in [-0.25, -0.2) is 4.98 Å². The minimum Gasteiger partial charge on any atom is -0.466 e. The van der Waals surface area contributed by atoms with E-state index in [1.54, 1.807) is 6.92 Å². The van der Waals surface area contributed by atoms with Crippen LogP contribution in [-0.2, 0) is 16.0 Å². The van der Waals surface area contributed by atoms with E-state index >= 15 is 0 Å². The van der Waals surface area contributed by atoms with Gasteiger partial charge in [0.25, 0.3) is 0 Å². The number of hydrazone groups is 1. The van der Waals surface area contributed by atoms with Crippen molar-refractivity contribution in [2.45, 2.75) is 32.6 Å². The highest BCUT2D eigenvalue weighted by Gasteiger charge is 2.09. The Labute approximate surface area is 122 Å². The maximum atomic E-state index is 11.3. The Morgan fingerprint density at radius 1 is 1.65 bits per heavy atom. The van der Waals surface area contributed by atoms with E-state index in [2.05, 4.69) is 27.7 Å². The van der Waals surface area contributed by atoms with Crippen LogP contribution in [0.3, 0.4) is 0 Å². The smallest absolute Gasteiger partial charge is 0.311 e. The van der Waals surface area contributed by atoms with E-state index in [0.717, 1.165) is 19.3 Å². The zero-order valence-corrected chi connectivity index (χ0v) is 12.4. The molecule has 0 saturated carbocycles. The number of allylic oxidation sites excluding steroid dienone is 2. The summed E-state index contributed by atoms with van der Waals surface area (Å²) in [4.78, 5) is 15.6. The number of ether oxygens (including phenoxy) is 1. The van der Waals surface area contributed by atoms with Crippen LogP contribution in [0, 0.1) is 5.92 Å². The van der Waals surface area contributed by atoms with Crippen LogP contribution in [0.15, 0.2) is 22.6 Å². The molecule has 1 aromatic rings. The number of hydrogen-bond acceptors (Lipinski definition) is 6. The Kier molecular flexibility index (Phi) is 5.73. The first kappa shape index (κ1) is 14.7. The zero-order chi connectivity index (χ0) is 14.2. The van der Waals surface area contributed by atoms with Gasteiger partial charge < -0.3 is 4.74 Å². The normalized spacial score (nSPS) is 18.4. The first-order valence-electron chi connectivity index (χ1n) is 6.82. The van der Waals surface area contributed by atoms with E-state index in [-0.39, 0.29) is 12.4 Å². The maximum Gasteiger partial charge on any atom is 0.311 e. The number of esters is 1. The van der Waals surface area contributed by atoms with Crippen LogP contribution in [0.25, 0.3) is 0 Å². The molecule has 0 saturated heterocycles. The van der Waals surface area contributed by atoms with Crippen LogP contribution in [0.2, 0.25) is 0 Å². The Bertz CT molecular complexity index is 496. The van der Waals surface area contributed by atoms with Crippen LogP contribution >= 0.6 is 11.3 Å². The van der Waals surface area contributed by atoms with E-state index in [0.29, 0.717) is 23.4 Å². The van der Waals surface area contributed by atoms with Gasteiger partial charge in [0.05, 0.1) is 18.7 Å². The van der Waals surface area contributed by atoms with Gasteiger partial charge in [-0.05, 0) is 32.1 Å². The summed E-state index contributed by atoms with van der Waals surface area (Å²) in [7, 11) is 0. The lowest BCUT2D eigenvalue weighted by Gasteiger charge is -2.11. The molecule has 1 N–H and O–H groups in total. The van der Waals surface area contributed by atoms with Gasteiger partial charge in [0.1, 0.15) is 0 Å². The predicted octanol–water partition coefficient (Wildman–Crippen LogP) is 3.00. The van der Waals surface area contributed by atoms with Crippen molar-refractivity contribution in [3.63, 3.8) is 0 Å². The number of carbonyl (C=O) groups excluding carboxylic acids is 1. The topological polar surface area (TPSA) is 63.6 Å². The van der Waals surface area contributed by atoms with Crippen molar-refractivity contribution >= 4 is 28.7 Å². The summed E-state index contributed by atoms with van der Waals surface area (Å²) in [5.41, 5.74) is 3.63. The van der Waals surface area contributed by atoms with Crippen molar-refractivity contribution in [2.75, 3.05) is 12.0 Å². The lowest BCUT2D eigenvalue weighted by Crippen LogP contribution is -2.07. The van der Waals surface area contributed by atoms with Gasteiger partial charge in [0, 0.05) is 11.6 Å². The highest BCUT2D eigenvalue weighted by atomic mass is 32.1. The summed E-state index contributed by atoms with van der Waals surface area (Å²) in [6.45, 7) is 2.19. The van der Waals surface area contributed by atoms with Crippen molar-refractivity contribution in [1.82, 2.24) is 4.98 Å². The molecule has 2 rings (SSSR count). The summed E-state index contributed by atoms with van der Waals surface area (Å²) in [5, 5.41) is 6.76. The maximum absolute atomic E-state index is 11.3. The number of rotatable bonds is 6. The minimum atomic E-state index is -0.248. The van der Waals surface area contributed by atoms with E-state index in [4.69, 9.17) is 4.74 Å². The van der Waals surface area contributed by atoms with Gasteiger partial charge in [0.2, 0.25) is 5.13 Å². The van der Waals surface area contributed by atoms with Crippen molar-refractivity contribution in [3.8, 4) is 0 Å². The molecule has 0 aliphatic heterocycles. The molecule has 0 amide bonds. The van der Waals surface area contributed by atoms with Gasteiger partial charge >= 0.3 is 5.97 Å². The predicted molar refractivity (Wildman–Crippen MR) is 81.0 cm³/mol. The number of carbonyl (C=O) groups is 1. The summed E-state index contributed by atoms with van der Waals surface area (Å²) < 4.78 is 4.88. The highest BCUT2D eigenvalue weighted by Crippen LogP contribution is 2.18. The van der Waals surface area contributed by atoms with Crippen molar-refractivity contribution in [3.05, 3.63) is 23.2 Å². The fourth-order valence-corrected chi connectivity index (χ4v) is 2.61. The molecule has 1 heterocycles. The minimum absolute atomic E-state index is 0.211. The van der Waals surface area contributed by atoms with Gasteiger partial charge in [-0.15, -0.1) is 11.3 Å². The molecule has 1 aliphatic carbocycles. The fourth-order valence-electron chi connectivity index (χ4n) is 1.95. The molecule has 1 atom stereocenters. The van der Waals surface area contributed by atoms with Gasteiger partial charge in [0.15, 0.2) is 0 Å². The average Bonchev–Trinajstić information content (AvgIpc) is 2.88. The number of nitrogens with zero attached hydrogens (tertiary/aromatic N) is 2. The Hall–Kier alpha value is -1.69. The third-order valence-electron chi connectivity index (χ3n) is 2.94. The Balaban J connectivity index is 1.79. The lowest BCUT2D eigenvalue weighted by molar-refractivity contribution is -0.142. The van der Waals surface area contributed by atoms with E-state index < -0.39 is 0 Å². The second-order valence-electron chi connectivity index (χ2n) is 4.56. The first-order chi connectivity index (χ1) is 9.78. The molecule has 0 fully saturated rings. The van der Waals surface area contributed by atoms with Crippen LogP contribution in [-0.4, -0.2) is 23.8 Å². The van der Waals surface area contributed by atoms with Crippen molar-refractivity contribution in [1.29, 1.82) is 0 Å². The molecule has 0 unspecified atom stereocenters. The summed E-state index contributed by atoms with van der Waals surface area (Å²) in [6.07, 6.45) is 9.88. The van der Waals surface area contributed by atoms with Crippen LogP contribution < -0.4 is 5.43 Å². The van der Waals surface area contributed by atoms with E-state index in [9.17, 15) is 4.79 Å². The zero-order valence-electron chi connectivity index (χ0n) is 11.5. The highest BCUT2D eigenvalue weighted by molar-refractivity contribution is 7.13. The molecular weight excluding hydrogens is 274 g/mol. The van der Waals surface area contributed by atoms with E-state index in [1.807, 2.05) is 11.6 Å². The largest absolute Gasteiger partial charge is 0.466 e. The second-order valence-corrected chi connectivity index (χ2v) is 5.42. The van der Waals surface area contributed by atoms with Crippen LogP contribution in [0.4, 0.5) is 5.13 Å². The van der Waals surface area contributed by atoms with Crippen molar-refractivity contribution in [2.24, 2.45) is 11.0 Å². The summed E-state index contributed by atoms with van der Waals surface area (Å²) in [6, 6.07) is 0. The molecule has 0 aromatic carbocycles. The Morgan fingerprint density at radius 2 is 2.55 bits per heavy atom. The molecule has 5 nitrogen and oxygen atoms in total. The average molecular weight is 293 g/mol. The van der Waals surface area contributed by atoms with Crippen LogP contribution in [0.1, 0.15) is 31.9 Å². The van der Waals surface area contributed by atoms with Crippen LogP contribution in [0.5, 0.6) is 0 Å². The molecule has 108 valence electrons. The summed E-state index contributed by atoms with van der Waals surface area (Å²) in [5.74, 6) is 0.258. The number of anilines is 1. The molecule has 1 aliphatic rings. The monoisotopic (exact) mass is 293 g/mol. The Morgan fingerprint density at radius 3 is 3.30 bits per heavy atom. The molecule has 20 heavy (non-hydrogen) atoms. The van der Waals surface area contributed by atoms with Crippen molar-refractivity contribution < 1.29 is 9.53 Å². The van der Waals surface area contributed by atoms with E-state index in [1.165, 1.54) is 11.3 Å². The summed E-state index contributed by atoms with van der Waals surface area (Å²) >= 11 is 1.44.